The van der Waals surface area contributed by atoms with E-state index in [-0.39, 0.29) is 0 Å². The molecule has 4 aliphatic carbocycles. The largest absolute Gasteiger partial charge is 0.0879 e. The zero-order valence-corrected chi connectivity index (χ0v) is 14.5. The smallest absolute Gasteiger partial charge is 0.00853 e. The fourth-order valence-electron chi connectivity index (χ4n) is 7.62. The number of hydrogen-bond donors (Lipinski definition) is 0. The summed E-state index contributed by atoms with van der Waals surface area (Å²) in [6, 6.07) is 0. The topological polar surface area (TPSA) is 0 Å². The molecule has 0 heteroatoms. The molecule has 0 spiro atoms. The molecular weight excluding hydrogens is 252 g/mol. The van der Waals surface area contributed by atoms with E-state index >= 15 is 0 Å². The summed E-state index contributed by atoms with van der Waals surface area (Å²) < 4.78 is 0. The van der Waals surface area contributed by atoms with Crippen LogP contribution in [0, 0.1) is 34.5 Å². The van der Waals surface area contributed by atoms with E-state index in [4.69, 9.17) is 0 Å². The van der Waals surface area contributed by atoms with Crippen molar-refractivity contribution in [2.45, 2.75) is 85.0 Å². The Labute approximate surface area is 131 Å². The lowest BCUT2D eigenvalue weighted by Gasteiger charge is -2.60. The van der Waals surface area contributed by atoms with Crippen LogP contribution in [0.5, 0.6) is 0 Å². The van der Waals surface area contributed by atoms with Crippen LogP contribution < -0.4 is 0 Å². The Morgan fingerprint density at radius 1 is 0.905 bits per heavy atom. The van der Waals surface area contributed by atoms with E-state index < -0.39 is 0 Å². The minimum Gasteiger partial charge on any atom is -0.0879 e. The zero-order valence-electron chi connectivity index (χ0n) is 14.5. The third-order valence-electron chi connectivity index (χ3n) is 8.78. The maximum absolute atomic E-state index is 2.70. The molecule has 6 atom stereocenters. The second kappa shape index (κ2) is 4.87. The average Bonchev–Trinajstić information content (AvgIpc) is 2.83. The Balaban J connectivity index is 1.66. The van der Waals surface area contributed by atoms with Crippen molar-refractivity contribution in [1.82, 2.24) is 0 Å². The first-order valence-corrected chi connectivity index (χ1v) is 9.75. The molecule has 4 rings (SSSR count). The predicted octanol–water partition coefficient (Wildman–Crippen LogP) is 6.37. The van der Waals surface area contributed by atoms with Gasteiger partial charge in [-0.2, -0.15) is 0 Å². The van der Waals surface area contributed by atoms with Crippen molar-refractivity contribution in [2.24, 2.45) is 34.5 Å². The van der Waals surface area contributed by atoms with Gasteiger partial charge in [0, 0.05) is 0 Å². The van der Waals surface area contributed by atoms with Crippen LogP contribution in [0.1, 0.15) is 85.0 Å². The van der Waals surface area contributed by atoms with Gasteiger partial charge in [-0.1, -0.05) is 38.3 Å². The molecule has 0 heterocycles. The fraction of sp³-hybridized carbons (Fsp3) is 0.905. The Morgan fingerprint density at radius 3 is 2.57 bits per heavy atom. The van der Waals surface area contributed by atoms with Crippen LogP contribution in [0.15, 0.2) is 11.6 Å². The van der Waals surface area contributed by atoms with Gasteiger partial charge >= 0.3 is 0 Å². The lowest BCUT2D eigenvalue weighted by Crippen LogP contribution is -2.52. The molecule has 4 saturated carbocycles. The summed E-state index contributed by atoms with van der Waals surface area (Å²) in [7, 11) is 0. The van der Waals surface area contributed by atoms with Crippen LogP contribution in [0.3, 0.4) is 0 Å². The number of hydrogen-bond acceptors (Lipinski definition) is 0. The first kappa shape index (κ1) is 14.3. The molecule has 4 aliphatic rings. The first-order valence-electron chi connectivity index (χ1n) is 9.75. The zero-order chi connectivity index (χ0) is 14.7. The molecule has 0 aromatic rings. The van der Waals surface area contributed by atoms with Gasteiger partial charge in [-0.3, -0.25) is 0 Å². The Kier molecular flexibility index (Phi) is 3.32. The van der Waals surface area contributed by atoms with E-state index in [1.54, 1.807) is 25.7 Å². The molecule has 0 unspecified atom stereocenters. The van der Waals surface area contributed by atoms with E-state index in [1.807, 2.05) is 5.57 Å². The second-order valence-corrected chi connectivity index (χ2v) is 9.21. The van der Waals surface area contributed by atoms with Gasteiger partial charge < -0.3 is 0 Å². The van der Waals surface area contributed by atoms with Gasteiger partial charge in [0.15, 0.2) is 0 Å². The quantitative estimate of drug-likeness (QED) is 0.454. The van der Waals surface area contributed by atoms with Crippen LogP contribution in [0.4, 0.5) is 0 Å². The van der Waals surface area contributed by atoms with Crippen LogP contribution >= 0.6 is 0 Å². The van der Waals surface area contributed by atoms with Gasteiger partial charge in [-0.25, -0.2) is 0 Å². The minimum absolute atomic E-state index is 0.577. The lowest BCUT2D eigenvalue weighted by molar-refractivity contribution is -0.0972. The third kappa shape index (κ3) is 1.86. The Hall–Kier alpha value is -0.260. The van der Waals surface area contributed by atoms with Gasteiger partial charge in [0.25, 0.3) is 0 Å². The Morgan fingerprint density at radius 2 is 1.76 bits per heavy atom. The van der Waals surface area contributed by atoms with Crippen molar-refractivity contribution < 1.29 is 0 Å². The second-order valence-electron chi connectivity index (χ2n) is 9.21. The van der Waals surface area contributed by atoms with Gasteiger partial charge in [0.2, 0.25) is 0 Å². The van der Waals surface area contributed by atoms with Crippen molar-refractivity contribution >= 4 is 0 Å². The van der Waals surface area contributed by atoms with E-state index in [1.165, 1.54) is 38.5 Å². The third-order valence-corrected chi connectivity index (χ3v) is 8.78. The lowest BCUT2D eigenvalue weighted by atomic mass is 9.45. The van der Waals surface area contributed by atoms with Crippen LogP contribution in [-0.2, 0) is 0 Å². The number of rotatable bonds is 0. The summed E-state index contributed by atoms with van der Waals surface area (Å²) >= 11 is 0. The standard InChI is InChI=1S/C21H34/c1-4-15-9-11-18-17-10-8-16-7-5-6-13-20(16,2)19(17)12-14-21(15,18)3/h4,16-19H,5-14H2,1-3H3/b15-4-/t16-,17+,18+,19+,20+,21-/m1/s1. The maximum atomic E-state index is 2.70. The number of allylic oxidation sites excluding steroid dienone is 2. The highest BCUT2D eigenvalue weighted by atomic mass is 14.6. The highest BCUT2D eigenvalue weighted by Gasteiger charge is 2.58. The summed E-state index contributed by atoms with van der Waals surface area (Å²) in [5, 5.41) is 0. The summed E-state index contributed by atoms with van der Waals surface area (Å²) in [6.45, 7) is 7.60. The predicted molar refractivity (Wildman–Crippen MR) is 90.1 cm³/mol. The van der Waals surface area contributed by atoms with Crippen molar-refractivity contribution in [3.8, 4) is 0 Å². The van der Waals surface area contributed by atoms with Crippen LogP contribution in [0.2, 0.25) is 0 Å². The summed E-state index contributed by atoms with van der Waals surface area (Å²) in [5.74, 6) is 4.20. The van der Waals surface area contributed by atoms with E-state index in [0.29, 0.717) is 10.8 Å². The average molecular weight is 287 g/mol. The SMILES string of the molecule is C/C=C1/CC[C@H]2[C@@H]3CC[C@H]4CCCC[C@]4(C)[C@H]3CC[C@]12C. The van der Waals surface area contributed by atoms with E-state index in [0.717, 1.165) is 23.7 Å². The molecule has 21 heavy (non-hydrogen) atoms. The molecule has 0 N–H and O–H groups in total. The normalized spacial score (nSPS) is 54.9. The van der Waals surface area contributed by atoms with Gasteiger partial charge in [-0.15, -0.1) is 0 Å². The molecule has 118 valence electrons. The highest BCUT2D eigenvalue weighted by molar-refractivity contribution is 5.23. The highest BCUT2D eigenvalue weighted by Crippen LogP contribution is 2.67. The van der Waals surface area contributed by atoms with Gasteiger partial charge in [0.05, 0.1) is 0 Å². The summed E-state index contributed by atoms with van der Waals surface area (Å²) in [6.07, 6.45) is 17.6. The molecule has 0 bridgehead atoms. The molecule has 0 amide bonds. The van der Waals surface area contributed by atoms with Crippen molar-refractivity contribution in [1.29, 1.82) is 0 Å². The van der Waals surface area contributed by atoms with Crippen LogP contribution in [-0.4, -0.2) is 0 Å². The minimum atomic E-state index is 0.577. The van der Waals surface area contributed by atoms with E-state index in [2.05, 4.69) is 26.8 Å². The van der Waals surface area contributed by atoms with Crippen molar-refractivity contribution in [3.63, 3.8) is 0 Å². The monoisotopic (exact) mass is 286 g/mol. The summed E-state index contributed by atoms with van der Waals surface area (Å²) in [4.78, 5) is 0. The molecule has 0 nitrogen and oxygen atoms in total. The molecule has 0 saturated heterocycles. The molecule has 0 aliphatic heterocycles. The molecule has 0 aromatic heterocycles. The van der Waals surface area contributed by atoms with Gasteiger partial charge in [0.1, 0.15) is 0 Å². The Bertz CT molecular complexity index is 447. The van der Waals surface area contributed by atoms with Gasteiger partial charge in [-0.05, 0) is 92.8 Å². The van der Waals surface area contributed by atoms with E-state index in [9.17, 15) is 0 Å². The number of fused-ring (bicyclic) bond motifs is 5. The molecule has 0 aromatic carbocycles. The summed E-state index contributed by atoms with van der Waals surface area (Å²) in [5.41, 5.74) is 3.09. The fourth-order valence-corrected chi connectivity index (χ4v) is 7.62. The molecular formula is C21H34. The van der Waals surface area contributed by atoms with Crippen molar-refractivity contribution in [3.05, 3.63) is 11.6 Å². The van der Waals surface area contributed by atoms with Crippen molar-refractivity contribution in [2.75, 3.05) is 0 Å². The molecule has 4 fully saturated rings. The molecule has 0 radical (unpaired) electrons. The first-order chi connectivity index (χ1) is 10.1. The maximum Gasteiger partial charge on any atom is -0.00853 e. The van der Waals surface area contributed by atoms with Crippen LogP contribution in [0.25, 0.3) is 0 Å².